The molecule has 1 aliphatic rings. The van der Waals surface area contributed by atoms with E-state index in [9.17, 15) is 13.2 Å². The number of benzene rings is 1. The molecule has 1 heterocycles. The van der Waals surface area contributed by atoms with Gasteiger partial charge in [-0.15, -0.1) is 0 Å². The van der Waals surface area contributed by atoms with Gasteiger partial charge in [-0.05, 0) is 18.6 Å². The van der Waals surface area contributed by atoms with Gasteiger partial charge in [0.25, 0.3) is 0 Å². The molecule has 0 unspecified atom stereocenters. The van der Waals surface area contributed by atoms with Crippen molar-refractivity contribution in [3.05, 3.63) is 27.7 Å². The molecule has 2 rings (SSSR count). The van der Waals surface area contributed by atoms with Crippen LogP contribution in [0, 0.1) is 6.92 Å². The van der Waals surface area contributed by atoms with Gasteiger partial charge in [-0.25, -0.2) is 8.42 Å². The second-order valence-electron chi connectivity index (χ2n) is 4.51. The summed E-state index contributed by atoms with van der Waals surface area (Å²) >= 11 is 12.1. The molecule has 5 nitrogen and oxygen atoms in total. The zero-order valence-corrected chi connectivity index (χ0v) is 13.1. The largest absolute Gasteiger partial charge is 0.355 e. The molecular weight excluding hydrogens is 323 g/mol. The maximum Gasteiger partial charge on any atom is 0.246 e. The number of carbonyl (C=O) groups is 1. The summed E-state index contributed by atoms with van der Waals surface area (Å²) < 4.78 is 26.6. The quantitative estimate of drug-likeness (QED) is 0.895. The van der Waals surface area contributed by atoms with Crippen molar-refractivity contribution in [2.45, 2.75) is 18.2 Å². The second-order valence-corrected chi connectivity index (χ2v) is 7.17. The normalized spacial score (nSPS) is 17.6. The van der Waals surface area contributed by atoms with Gasteiger partial charge in [0.2, 0.25) is 15.9 Å². The van der Waals surface area contributed by atoms with Gasteiger partial charge in [-0.2, -0.15) is 4.31 Å². The van der Waals surface area contributed by atoms with Crippen LogP contribution in [0.2, 0.25) is 10.0 Å². The average molecular weight is 337 g/mol. The average Bonchev–Trinajstić information content (AvgIpc) is 2.59. The summed E-state index contributed by atoms with van der Waals surface area (Å²) in [6, 6.07) is 3.17. The third-order valence-corrected chi connectivity index (χ3v) is 6.12. The first-order valence-electron chi connectivity index (χ1n) is 6.05. The van der Waals surface area contributed by atoms with Gasteiger partial charge in [0, 0.05) is 26.1 Å². The molecule has 0 atom stereocenters. The molecule has 1 aromatic rings. The summed E-state index contributed by atoms with van der Waals surface area (Å²) in [4.78, 5) is 11.2. The summed E-state index contributed by atoms with van der Waals surface area (Å²) in [5, 5.41) is 2.84. The first kappa shape index (κ1) is 15.6. The van der Waals surface area contributed by atoms with Crippen LogP contribution in [-0.2, 0) is 14.8 Å². The minimum atomic E-state index is -3.82. The molecule has 0 bridgehead atoms. The standard InChI is InChI=1S/C12H14Cl2N2O3S/c1-8-2-3-9(13)12(11(8)14)20(18,19)16-6-4-10(17)15-5-7-16/h2-3H,4-7H2,1H3,(H,15,17). The van der Waals surface area contributed by atoms with E-state index in [1.807, 2.05) is 0 Å². The molecule has 110 valence electrons. The van der Waals surface area contributed by atoms with E-state index in [-0.39, 0.29) is 46.9 Å². The van der Waals surface area contributed by atoms with E-state index in [0.717, 1.165) is 0 Å². The fourth-order valence-electron chi connectivity index (χ4n) is 1.98. The first-order chi connectivity index (χ1) is 9.34. The lowest BCUT2D eigenvalue weighted by atomic mass is 10.2. The smallest absolute Gasteiger partial charge is 0.246 e. The fraction of sp³-hybridized carbons (Fsp3) is 0.417. The molecule has 1 fully saturated rings. The number of rotatable bonds is 2. The molecule has 1 saturated heterocycles. The minimum absolute atomic E-state index is 0.0872. The summed E-state index contributed by atoms with van der Waals surface area (Å²) in [5.74, 6) is -0.163. The summed E-state index contributed by atoms with van der Waals surface area (Å²) in [7, 11) is -3.82. The molecule has 1 aromatic carbocycles. The van der Waals surface area contributed by atoms with Gasteiger partial charge in [-0.1, -0.05) is 29.3 Å². The van der Waals surface area contributed by atoms with E-state index in [2.05, 4.69) is 5.32 Å². The zero-order chi connectivity index (χ0) is 14.9. The van der Waals surface area contributed by atoms with Crippen molar-refractivity contribution in [3.63, 3.8) is 0 Å². The molecule has 0 aromatic heterocycles. The molecule has 1 amide bonds. The van der Waals surface area contributed by atoms with E-state index in [4.69, 9.17) is 23.2 Å². The lowest BCUT2D eigenvalue weighted by Crippen LogP contribution is -2.34. The predicted molar refractivity (Wildman–Crippen MR) is 77.6 cm³/mol. The zero-order valence-electron chi connectivity index (χ0n) is 10.8. The van der Waals surface area contributed by atoms with Crippen LogP contribution in [0.1, 0.15) is 12.0 Å². The number of halogens is 2. The molecule has 0 spiro atoms. The fourth-order valence-corrected chi connectivity index (χ4v) is 4.56. The van der Waals surface area contributed by atoms with Crippen LogP contribution in [0.25, 0.3) is 0 Å². The summed E-state index contributed by atoms with van der Waals surface area (Å²) in [6.45, 7) is 2.31. The Morgan fingerprint density at radius 1 is 1.25 bits per heavy atom. The maximum atomic E-state index is 12.7. The topological polar surface area (TPSA) is 66.5 Å². The van der Waals surface area contributed by atoms with Crippen LogP contribution in [-0.4, -0.2) is 38.3 Å². The van der Waals surface area contributed by atoms with Crippen LogP contribution < -0.4 is 5.32 Å². The minimum Gasteiger partial charge on any atom is -0.355 e. The predicted octanol–water partition coefficient (Wildman–Crippen LogP) is 1.81. The number of nitrogens with zero attached hydrogens (tertiary/aromatic N) is 1. The monoisotopic (exact) mass is 336 g/mol. The van der Waals surface area contributed by atoms with Gasteiger partial charge < -0.3 is 5.32 Å². The number of hydrogen-bond donors (Lipinski definition) is 1. The molecule has 0 aliphatic carbocycles. The number of sulfonamides is 1. The Labute approximate surface area is 127 Å². The number of aryl methyl sites for hydroxylation is 1. The highest BCUT2D eigenvalue weighted by molar-refractivity contribution is 7.89. The number of hydrogen-bond acceptors (Lipinski definition) is 3. The Hall–Kier alpha value is -0.820. The van der Waals surface area contributed by atoms with Gasteiger partial charge in [0.1, 0.15) is 4.90 Å². The van der Waals surface area contributed by atoms with Crippen molar-refractivity contribution in [3.8, 4) is 0 Å². The van der Waals surface area contributed by atoms with E-state index in [1.165, 1.54) is 10.4 Å². The lowest BCUT2D eigenvalue weighted by Gasteiger charge is -2.21. The Balaban J connectivity index is 2.45. The van der Waals surface area contributed by atoms with Crippen LogP contribution in [0.15, 0.2) is 17.0 Å². The van der Waals surface area contributed by atoms with Crippen molar-refractivity contribution in [1.82, 2.24) is 9.62 Å². The van der Waals surface area contributed by atoms with Crippen molar-refractivity contribution >= 4 is 39.1 Å². The van der Waals surface area contributed by atoms with Crippen molar-refractivity contribution in [1.29, 1.82) is 0 Å². The van der Waals surface area contributed by atoms with E-state index in [0.29, 0.717) is 5.56 Å². The van der Waals surface area contributed by atoms with Crippen LogP contribution in [0.4, 0.5) is 0 Å². The molecule has 0 radical (unpaired) electrons. The Kier molecular flexibility index (Phi) is 4.59. The van der Waals surface area contributed by atoms with E-state index >= 15 is 0 Å². The highest BCUT2D eigenvalue weighted by Crippen LogP contribution is 2.34. The molecule has 1 aliphatic heterocycles. The Morgan fingerprint density at radius 3 is 2.65 bits per heavy atom. The maximum absolute atomic E-state index is 12.7. The molecular formula is C12H14Cl2N2O3S. The van der Waals surface area contributed by atoms with Crippen molar-refractivity contribution in [2.24, 2.45) is 0 Å². The van der Waals surface area contributed by atoms with Gasteiger partial charge >= 0.3 is 0 Å². The van der Waals surface area contributed by atoms with Crippen molar-refractivity contribution in [2.75, 3.05) is 19.6 Å². The third kappa shape index (κ3) is 2.93. The van der Waals surface area contributed by atoms with Crippen LogP contribution in [0.5, 0.6) is 0 Å². The Morgan fingerprint density at radius 2 is 1.95 bits per heavy atom. The molecule has 0 saturated carbocycles. The van der Waals surface area contributed by atoms with Gasteiger partial charge in [-0.3, -0.25) is 4.79 Å². The van der Waals surface area contributed by atoms with Crippen LogP contribution in [0.3, 0.4) is 0 Å². The van der Waals surface area contributed by atoms with Crippen LogP contribution >= 0.6 is 23.2 Å². The lowest BCUT2D eigenvalue weighted by molar-refractivity contribution is -0.120. The Bertz CT molecular complexity index is 646. The van der Waals surface area contributed by atoms with E-state index < -0.39 is 10.0 Å². The SMILES string of the molecule is Cc1ccc(Cl)c(S(=O)(=O)N2CCNC(=O)CC2)c1Cl. The van der Waals surface area contributed by atoms with Gasteiger partial charge in [0.15, 0.2) is 0 Å². The number of carbonyl (C=O) groups excluding carboxylic acids is 1. The number of nitrogens with one attached hydrogen (secondary N) is 1. The summed E-state index contributed by atoms with van der Waals surface area (Å²) in [6.07, 6.45) is 0.125. The highest BCUT2D eigenvalue weighted by Gasteiger charge is 2.31. The van der Waals surface area contributed by atoms with Gasteiger partial charge in [0.05, 0.1) is 10.0 Å². The molecule has 20 heavy (non-hydrogen) atoms. The third-order valence-electron chi connectivity index (χ3n) is 3.11. The highest BCUT2D eigenvalue weighted by atomic mass is 35.5. The molecule has 1 N–H and O–H groups in total. The van der Waals surface area contributed by atoms with Crippen molar-refractivity contribution < 1.29 is 13.2 Å². The second kappa shape index (κ2) is 5.89. The van der Waals surface area contributed by atoms with E-state index in [1.54, 1.807) is 13.0 Å². The number of amides is 1. The summed E-state index contributed by atoms with van der Waals surface area (Å²) in [5.41, 5.74) is 0.638. The molecule has 8 heteroatoms. The first-order valence-corrected chi connectivity index (χ1v) is 8.25.